The Hall–Kier alpha value is -2.64. The van der Waals surface area contributed by atoms with Gasteiger partial charge in [-0.15, -0.1) is 0 Å². The fraction of sp³-hybridized carbons (Fsp3) is 0.304. The number of rotatable bonds is 9. The number of hydrogen-bond donors (Lipinski definition) is 1. The molecule has 1 N–H and O–H groups in total. The third-order valence-electron chi connectivity index (χ3n) is 4.82. The molecule has 3 aromatic rings. The SMILES string of the molecule is CCCC(=O)c1cnc2c(OCCS(C)(=O)=O)cccc2c1Nc1c(C)cccc1Cl. The highest BCUT2D eigenvalue weighted by molar-refractivity contribution is 7.90. The van der Waals surface area contributed by atoms with Gasteiger partial charge in [0, 0.05) is 24.3 Å². The Balaban J connectivity index is 2.12. The standard InChI is InChI=1S/C23H25ClN2O4S/c1-4-7-19(27)17-14-25-23-16(9-6-11-20(23)30-12-13-31(3,28)29)22(17)26-21-15(2)8-5-10-18(21)24/h5-6,8-11,14H,4,7,12-13H2,1-3H3,(H,25,26). The van der Waals surface area contributed by atoms with Crippen molar-refractivity contribution in [3.05, 3.63) is 58.7 Å². The second-order valence-electron chi connectivity index (χ2n) is 7.41. The van der Waals surface area contributed by atoms with Gasteiger partial charge in [0.2, 0.25) is 0 Å². The summed E-state index contributed by atoms with van der Waals surface area (Å²) in [7, 11) is -3.15. The molecule has 0 radical (unpaired) electrons. The van der Waals surface area contributed by atoms with Crippen LogP contribution in [0.1, 0.15) is 35.7 Å². The maximum atomic E-state index is 12.8. The summed E-state index contributed by atoms with van der Waals surface area (Å²) in [6.07, 6.45) is 3.82. The second-order valence-corrected chi connectivity index (χ2v) is 10.1. The average Bonchev–Trinajstić information content (AvgIpc) is 2.70. The van der Waals surface area contributed by atoms with Crippen LogP contribution in [0.2, 0.25) is 5.02 Å². The molecule has 0 aliphatic heterocycles. The molecule has 0 saturated carbocycles. The Bertz CT molecular complexity index is 1210. The fourth-order valence-electron chi connectivity index (χ4n) is 3.24. The van der Waals surface area contributed by atoms with Gasteiger partial charge in [0.25, 0.3) is 0 Å². The van der Waals surface area contributed by atoms with E-state index in [0.717, 1.165) is 18.2 Å². The molecule has 0 spiro atoms. The van der Waals surface area contributed by atoms with Gasteiger partial charge in [0.1, 0.15) is 17.9 Å². The minimum absolute atomic E-state index is 0.0164. The summed E-state index contributed by atoms with van der Waals surface area (Å²) in [4.78, 5) is 17.3. The van der Waals surface area contributed by atoms with Crippen LogP contribution in [0.4, 0.5) is 11.4 Å². The zero-order valence-electron chi connectivity index (χ0n) is 17.7. The van der Waals surface area contributed by atoms with E-state index in [4.69, 9.17) is 16.3 Å². The van der Waals surface area contributed by atoms with Crippen LogP contribution in [0.5, 0.6) is 5.75 Å². The van der Waals surface area contributed by atoms with Crippen LogP contribution in [0.3, 0.4) is 0 Å². The number of carbonyl (C=O) groups excluding carboxylic acids is 1. The molecular formula is C23H25ClN2O4S. The Morgan fingerprint density at radius 1 is 1.16 bits per heavy atom. The number of aromatic nitrogens is 1. The van der Waals surface area contributed by atoms with Gasteiger partial charge < -0.3 is 10.1 Å². The van der Waals surface area contributed by atoms with E-state index in [1.807, 2.05) is 32.0 Å². The van der Waals surface area contributed by atoms with Crippen molar-refractivity contribution in [2.75, 3.05) is 23.9 Å². The van der Waals surface area contributed by atoms with Crippen molar-refractivity contribution < 1.29 is 17.9 Å². The molecule has 2 aromatic carbocycles. The normalized spacial score (nSPS) is 11.5. The number of nitrogens with zero attached hydrogens (tertiary/aromatic N) is 1. The van der Waals surface area contributed by atoms with Crippen molar-refractivity contribution in [1.82, 2.24) is 4.98 Å². The lowest BCUT2D eigenvalue weighted by atomic mass is 10.0. The Labute approximate surface area is 187 Å². The Morgan fingerprint density at radius 3 is 2.58 bits per heavy atom. The summed E-state index contributed by atoms with van der Waals surface area (Å²) in [6, 6.07) is 11.0. The molecule has 1 aromatic heterocycles. The first-order valence-electron chi connectivity index (χ1n) is 9.99. The van der Waals surface area contributed by atoms with Crippen molar-refractivity contribution in [1.29, 1.82) is 0 Å². The number of nitrogens with one attached hydrogen (secondary N) is 1. The maximum Gasteiger partial charge on any atom is 0.166 e. The molecule has 6 nitrogen and oxygen atoms in total. The number of anilines is 2. The first-order valence-corrected chi connectivity index (χ1v) is 12.4. The molecule has 3 rings (SSSR count). The first kappa shape index (κ1) is 23.0. The number of fused-ring (bicyclic) bond motifs is 1. The molecule has 0 unspecified atom stereocenters. The van der Waals surface area contributed by atoms with Crippen LogP contribution in [-0.2, 0) is 9.84 Å². The highest BCUT2D eigenvalue weighted by Crippen LogP contribution is 2.37. The van der Waals surface area contributed by atoms with E-state index in [1.165, 1.54) is 6.20 Å². The van der Waals surface area contributed by atoms with E-state index >= 15 is 0 Å². The highest BCUT2D eigenvalue weighted by atomic mass is 35.5. The summed E-state index contributed by atoms with van der Waals surface area (Å²) < 4.78 is 28.6. The number of pyridine rings is 1. The summed E-state index contributed by atoms with van der Waals surface area (Å²) in [6.45, 7) is 3.90. The van der Waals surface area contributed by atoms with Crippen LogP contribution in [-0.4, -0.2) is 37.8 Å². The minimum atomic E-state index is -3.15. The number of aryl methyl sites for hydroxylation is 1. The fourth-order valence-corrected chi connectivity index (χ4v) is 3.89. The number of para-hydroxylation sites is 2. The number of halogens is 1. The quantitative estimate of drug-likeness (QED) is 0.433. The smallest absolute Gasteiger partial charge is 0.166 e. The highest BCUT2D eigenvalue weighted by Gasteiger charge is 2.19. The van der Waals surface area contributed by atoms with Gasteiger partial charge >= 0.3 is 0 Å². The van der Waals surface area contributed by atoms with E-state index in [2.05, 4.69) is 10.3 Å². The zero-order chi connectivity index (χ0) is 22.6. The van der Waals surface area contributed by atoms with Gasteiger partial charge in [0.05, 0.1) is 27.7 Å². The third-order valence-corrected chi connectivity index (χ3v) is 6.04. The molecule has 0 amide bonds. The van der Waals surface area contributed by atoms with E-state index in [1.54, 1.807) is 18.2 Å². The van der Waals surface area contributed by atoms with Gasteiger partial charge in [-0.25, -0.2) is 8.42 Å². The van der Waals surface area contributed by atoms with Crippen molar-refractivity contribution >= 4 is 49.5 Å². The van der Waals surface area contributed by atoms with Crippen molar-refractivity contribution in [2.45, 2.75) is 26.7 Å². The van der Waals surface area contributed by atoms with E-state index < -0.39 is 9.84 Å². The van der Waals surface area contributed by atoms with Crippen molar-refractivity contribution in [3.8, 4) is 5.75 Å². The molecule has 8 heteroatoms. The lowest BCUT2D eigenvalue weighted by molar-refractivity contribution is 0.0982. The van der Waals surface area contributed by atoms with E-state index in [9.17, 15) is 13.2 Å². The molecule has 0 atom stereocenters. The number of Topliss-reactive ketones (excluding diaryl/α,β-unsaturated/α-hetero) is 1. The van der Waals surface area contributed by atoms with Gasteiger partial charge in [-0.1, -0.05) is 42.8 Å². The summed E-state index contributed by atoms with van der Waals surface area (Å²) in [5.74, 6) is 0.336. The first-order chi connectivity index (χ1) is 14.7. The molecule has 0 aliphatic rings. The van der Waals surface area contributed by atoms with E-state index in [0.29, 0.717) is 45.0 Å². The predicted molar refractivity (Wildman–Crippen MR) is 126 cm³/mol. The van der Waals surface area contributed by atoms with Gasteiger partial charge in [0.15, 0.2) is 15.6 Å². The number of benzene rings is 2. The van der Waals surface area contributed by atoms with Crippen LogP contribution >= 0.6 is 11.6 Å². The van der Waals surface area contributed by atoms with Crippen LogP contribution < -0.4 is 10.1 Å². The largest absolute Gasteiger partial charge is 0.490 e. The lowest BCUT2D eigenvalue weighted by Gasteiger charge is -2.18. The number of ether oxygens (including phenoxy) is 1. The third kappa shape index (κ3) is 5.54. The second kappa shape index (κ2) is 9.66. The van der Waals surface area contributed by atoms with E-state index in [-0.39, 0.29) is 18.1 Å². The summed E-state index contributed by atoms with van der Waals surface area (Å²) in [5.41, 5.74) is 3.27. The molecule has 0 saturated heterocycles. The maximum absolute atomic E-state index is 12.8. The number of hydrogen-bond acceptors (Lipinski definition) is 6. The molecule has 1 heterocycles. The number of ketones is 1. The van der Waals surface area contributed by atoms with Gasteiger partial charge in [-0.3, -0.25) is 9.78 Å². The van der Waals surface area contributed by atoms with Crippen LogP contribution in [0, 0.1) is 6.92 Å². The Morgan fingerprint density at radius 2 is 1.90 bits per heavy atom. The summed E-state index contributed by atoms with van der Waals surface area (Å²) >= 11 is 6.42. The predicted octanol–water partition coefficient (Wildman–Crippen LogP) is 5.35. The molecule has 0 bridgehead atoms. The number of carbonyl (C=O) groups is 1. The van der Waals surface area contributed by atoms with Crippen molar-refractivity contribution in [3.63, 3.8) is 0 Å². The molecular weight excluding hydrogens is 436 g/mol. The van der Waals surface area contributed by atoms with Gasteiger partial charge in [-0.2, -0.15) is 0 Å². The molecule has 31 heavy (non-hydrogen) atoms. The summed E-state index contributed by atoms with van der Waals surface area (Å²) in [5, 5.41) is 4.59. The lowest BCUT2D eigenvalue weighted by Crippen LogP contribution is -2.12. The molecule has 164 valence electrons. The van der Waals surface area contributed by atoms with Gasteiger partial charge in [-0.05, 0) is 31.0 Å². The average molecular weight is 461 g/mol. The monoisotopic (exact) mass is 460 g/mol. The number of sulfone groups is 1. The Kier molecular flexibility index (Phi) is 7.18. The topological polar surface area (TPSA) is 85.4 Å². The molecule has 0 aliphatic carbocycles. The van der Waals surface area contributed by atoms with Crippen LogP contribution in [0.15, 0.2) is 42.6 Å². The zero-order valence-corrected chi connectivity index (χ0v) is 19.3. The van der Waals surface area contributed by atoms with Crippen LogP contribution in [0.25, 0.3) is 10.9 Å². The minimum Gasteiger partial charge on any atom is -0.490 e. The van der Waals surface area contributed by atoms with Crippen molar-refractivity contribution in [2.24, 2.45) is 0 Å². The molecule has 0 fully saturated rings.